The van der Waals surface area contributed by atoms with Crippen molar-refractivity contribution in [1.82, 2.24) is 0 Å². The van der Waals surface area contributed by atoms with E-state index >= 15 is 0 Å². The average molecular weight is 234 g/mol. The number of alkyl halides is 1. The molecule has 0 aromatic heterocycles. The molecule has 0 amide bonds. The van der Waals surface area contributed by atoms with Gasteiger partial charge in [0.05, 0.1) is 0 Å². The summed E-state index contributed by atoms with van der Waals surface area (Å²) in [5.41, 5.74) is -0.235. The predicted molar refractivity (Wildman–Crippen MR) is 58.0 cm³/mol. The van der Waals surface area contributed by atoms with Gasteiger partial charge in [-0.15, -0.1) is 0 Å². The molecule has 1 nitrogen and oxygen atoms in total. The van der Waals surface area contributed by atoms with E-state index in [0.29, 0.717) is 29.4 Å². The third-order valence-corrected chi connectivity index (χ3v) is 2.70. The minimum Gasteiger partial charge on any atom is -0.382 e. The van der Waals surface area contributed by atoms with Crippen LogP contribution in [0.5, 0.6) is 0 Å². The van der Waals surface area contributed by atoms with Crippen LogP contribution in [0.15, 0.2) is 18.2 Å². The Hall–Kier alpha value is -0.470. The van der Waals surface area contributed by atoms with Crippen molar-refractivity contribution in [1.29, 1.82) is 0 Å². The molecule has 1 saturated carbocycles. The van der Waals surface area contributed by atoms with Crippen molar-refractivity contribution in [2.24, 2.45) is 0 Å². The Bertz CT molecular complexity index is 330. The Kier molecular flexibility index (Phi) is 2.58. The van der Waals surface area contributed by atoms with E-state index in [1.807, 2.05) is 0 Å². The van der Waals surface area contributed by atoms with Crippen LogP contribution >= 0.6 is 23.2 Å². The predicted octanol–water partition coefficient (Wildman–Crippen LogP) is 3.91. The zero-order valence-electron chi connectivity index (χ0n) is 7.49. The molecule has 0 heterocycles. The number of nitrogens with one attached hydrogen (secondary N) is 1. The summed E-state index contributed by atoms with van der Waals surface area (Å²) in [4.78, 5) is 0. The lowest BCUT2D eigenvalue weighted by molar-refractivity contribution is 0.326. The number of halogens is 3. The van der Waals surface area contributed by atoms with Gasteiger partial charge in [-0.1, -0.05) is 23.2 Å². The van der Waals surface area contributed by atoms with Gasteiger partial charge in [-0.2, -0.15) is 0 Å². The van der Waals surface area contributed by atoms with Crippen LogP contribution < -0.4 is 5.32 Å². The summed E-state index contributed by atoms with van der Waals surface area (Å²) < 4.78 is 13.3. The third kappa shape index (κ3) is 2.52. The van der Waals surface area contributed by atoms with Gasteiger partial charge in [0.1, 0.15) is 5.67 Å². The molecule has 14 heavy (non-hydrogen) atoms. The highest BCUT2D eigenvalue weighted by Gasteiger charge is 2.42. The molecule has 1 aromatic carbocycles. The number of rotatable bonds is 3. The van der Waals surface area contributed by atoms with E-state index in [2.05, 4.69) is 5.32 Å². The minimum absolute atomic E-state index is 0.337. The quantitative estimate of drug-likeness (QED) is 0.835. The van der Waals surface area contributed by atoms with Gasteiger partial charge in [0.25, 0.3) is 0 Å². The second-order valence-corrected chi connectivity index (χ2v) is 4.54. The smallest absolute Gasteiger partial charge is 0.128 e. The second-order valence-electron chi connectivity index (χ2n) is 3.66. The van der Waals surface area contributed by atoms with Crippen molar-refractivity contribution in [3.05, 3.63) is 28.2 Å². The Morgan fingerprint density at radius 1 is 1.21 bits per heavy atom. The zero-order chi connectivity index (χ0) is 10.2. The Labute approximate surface area is 92.2 Å². The maximum Gasteiger partial charge on any atom is 0.128 e. The van der Waals surface area contributed by atoms with Crippen LogP contribution in [0.4, 0.5) is 10.1 Å². The molecule has 0 aliphatic heterocycles. The fraction of sp³-hybridized carbons (Fsp3) is 0.400. The molecule has 0 bridgehead atoms. The molecule has 4 heteroatoms. The fourth-order valence-electron chi connectivity index (χ4n) is 1.23. The van der Waals surface area contributed by atoms with Crippen LogP contribution in [0.1, 0.15) is 12.8 Å². The number of benzene rings is 1. The van der Waals surface area contributed by atoms with E-state index in [0.717, 1.165) is 5.69 Å². The van der Waals surface area contributed by atoms with Crippen molar-refractivity contribution >= 4 is 28.9 Å². The first-order valence-electron chi connectivity index (χ1n) is 4.46. The number of anilines is 1. The van der Waals surface area contributed by atoms with E-state index in [-0.39, 0.29) is 0 Å². The molecular formula is C10H10Cl2FN. The van der Waals surface area contributed by atoms with E-state index < -0.39 is 5.67 Å². The molecule has 0 radical (unpaired) electrons. The van der Waals surface area contributed by atoms with Gasteiger partial charge >= 0.3 is 0 Å². The average Bonchev–Trinajstić information content (AvgIpc) is 2.80. The summed E-state index contributed by atoms with van der Waals surface area (Å²) in [5.74, 6) is 0. The van der Waals surface area contributed by atoms with Crippen LogP contribution in [0.3, 0.4) is 0 Å². The van der Waals surface area contributed by atoms with Gasteiger partial charge in [0.15, 0.2) is 0 Å². The Morgan fingerprint density at radius 3 is 2.29 bits per heavy atom. The van der Waals surface area contributed by atoms with E-state index in [4.69, 9.17) is 23.2 Å². The maximum absolute atomic E-state index is 13.3. The molecule has 0 atom stereocenters. The highest BCUT2D eigenvalue weighted by molar-refractivity contribution is 6.35. The highest BCUT2D eigenvalue weighted by Crippen LogP contribution is 2.39. The van der Waals surface area contributed by atoms with Crippen molar-refractivity contribution in [3.8, 4) is 0 Å². The fourth-order valence-corrected chi connectivity index (χ4v) is 1.75. The monoisotopic (exact) mass is 233 g/mol. The molecular weight excluding hydrogens is 224 g/mol. The summed E-state index contributed by atoms with van der Waals surface area (Å²) in [7, 11) is 0. The highest BCUT2D eigenvalue weighted by atomic mass is 35.5. The largest absolute Gasteiger partial charge is 0.382 e. The zero-order valence-corrected chi connectivity index (χ0v) is 9.00. The molecule has 1 aromatic rings. The maximum atomic E-state index is 13.3. The molecule has 2 rings (SSSR count). The summed E-state index contributed by atoms with van der Waals surface area (Å²) in [6, 6.07) is 5.12. The molecule has 76 valence electrons. The Morgan fingerprint density at radius 2 is 1.79 bits per heavy atom. The number of hydrogen-bond acceptors (Lipinski definition) is 1. The molecule has 1 fully saturated rings. The minimum atomic E-state index is -1.01. The standard InChI is InChI=1S/C10H10Cl2FN/c11-7-3-8(12)5-9(4-7)14-6-10(13)1-2-10/h3-5,14H,1-2,6H2. The topological polar surface area (TPSA) is 12.0 Å². The van der Waals surface area contributed by atoms with E-state index in [1.54, 1.807) is 18.2 Å². The Balaban J connectivity index is 2.01. The van der Waals surface area contributed by atoms with Gasteiger partial charge in [-0.05, 0) is 31.0 Å². The van der Waals surface area contributed by atoms with Crippen molar-refractivity contribution in [2.75, 3.05) is 11.9 Å². The third-order valence-electron chi connectivity index (χ3n) is 2.26. The molecule has 0 spiro atoms. The summed E-state index contributed by atoms with van der Waals surface area (Å²) >= 11 is 11.6. The normalized spacial score (nSPS) is 17.9. The van der Waals surface area contributed by atoms with Gasteiger partial charge in [-0.25, -0.2) is 4.39 Å². The van der Waals surface area contributed by atoms with Crippen molar-refractivity contribution in [2.45, 2.75) is 18.5 Å². The van der Waals surface area contributed by atoms with Gasteiger partial charge in [0, 0.05) is 22.3 Å². The first kappa shape index (κ1) is 10.1. The molecule has 1 aliphatic rings. The molecule has 1 N–H and O–H groups in total. The summed E-state index contributed by atoms with van der Waals surface area (Å²) in [6.07, 6.45) is 1.29. The van der Waals surface area contributed by atoms with Gasteiger partial charge < -0.3 is 5.32 Å². The van der Waals surface area contributed by atoms with E-state index in [1.165, 1.54) is 0 Å². The van der Waals surface area contributed by atoms with Gasteiger partial charge in [-0.3, -0.25) is 0 Å². The van der Waals surface area contributed by atoms with Crippen LogP contribution in [0.25, 0.3) is 0 Å². The second kappa shape index (κ2) is 3.59. The number of hydrogen-bond donors (Lipinski definition) is 1. The van der Waals surface area contributed by atoms with Crippen LogP contribution in [0, 0.1) is 0 Å². The van der Waals surface area contributed by atoms with Crippen LogP contribution in [-0.2, 0) is 0 Å². The lowest BCUT2D eigenvalue weighted by Gasteiger charge is -2.09. The van der Waals surface area contributed by atoms with Crippen LogP contribution in [0.2, 0.25) is 10.0 Å². The van der Waals surface area contributed by atoms with Crippen molar-refractivity contribution in [3.63, 3.8) is 0 Å². The SMILES string of the molecule is FC1(CNc2cc(Cl)cc(Cl)c2)CC1. The summed E-state index contributed by atoms with van der Waals surface area (Å²) in [6.45, 7) is 0.337. The first-order chi connectivity index (χ1) is 6.57. The van der Waals surface area contributed by atoms with Crippen molar-refractivity contribution < 1.29 is 4.39 Å². The lowest BCUT2D eigenvalue weighted by atomic mass is 10.3. The van der Waals surface area contributed by atoms with Crippen LogP contribution in [-0.4, -0.2) is 12.2 Å². The first-order valence-corrected chi connectivity index (χ1v) is 5.22. The van der Waals surface area contributed by atoms with Gasteiger partial charge in [0.2, 0.25) is 0 Å². The molecule has 0 saturated heterocycles. The molecule has 0 unspecified atom stereocenters. The lowest BCUT2D eigenvalue weighted by Crippen LogP contribution is -2.15. The van der Waals surface area contributed by atoms with E-state index in [9.17, 15) is 4.39 Å². The molecule has 1 aliphatic carbocycles. The summed E-state index contributed by atoms with van der Waals surface area (Å²) in [5, 5.41) is 4.10.